The number of hydrogen-bond acceptors (Lipinski definition) is 4. The lowest BCUT2D eigenvalue weighted by atomic mass is 9.93. The molecule has 1 aromatic carbocycles. The van der Waals surface area contributed by atoms with Gasteiger partial charge >= 0.3 is 0 Å². The van der Waals surface area contributed by atoms with Gasteiger partial charge in [0, 0.05) is 46.6 Å². The van der Waals surface area contributed by atoms with Crippen molar-refractivity contribution >= 4 is 22.1 Å². The average molecular weight is 284 g/mol. The Morgan fingerprint density at radius 1 is 1.33 bits per heavy atom. The summed E-state index contributed by atoms with van der Waals surface area (Å²) >= 11 is 0. The summed E-state index contributed by atoms with van der Waals surface area (Å²) < 4.78 is 0. The fourth-order valence-electron chi connectivity index (χ4n) is 3.26. The second-order valence-corrected chi connectivity index (χ2v) is 6.35. The summed E-state index contributed by atoms with van der Waals surface area (Å²) in [5.74, 6) is 0.638. The van der Waals surface area contributed by atoms with E-state index < -0.39 is 0 Å². The van der Waals surface area contributed by atoms with Gasteiger partial charge in [-0.15, -0.1) is 0 Å². The highest BCUT2D eigenvalue weighted by molar-refractivity contribution is 6.00. The number of hydrogen-bond donors (Lipinski definition) is 2. The highest BCUT2D eigenvalue weighted by atomic mass is 15.1. The molecule has 3 N–H and O–H groups in total. The van der Waals surface area contributed by atoms with Gasteiger partial charge in [0.2, 0.25) is 0 Å². The summed E-state index contributed by atoms with van der Waals surface area (Å²) in [4.78, 5) is 6.77. The molecule has 0 amide bonds. The van der Waals surface area contributed by atoms with Gasteiger partial charge in [-0.25, -0.2) is 0 Å². The maximum atomic E-state index is 6.08. The third-order valence-electron chi connectivity index (χ3n) is 4.52. The van der Waals surface area contributed by atoms with Gasteiger partial charge in [0.05, 0.1) is 0 Å². The topological polar surface area (TPSA) is 54.2 Å². The van der Waals surface area contributed by atoms with Crippen LogP contribution in [0.3, 0.4) is 0 Å². The number of nitrogens with two attached hydrogens (primary N) is 1. The Hall–Kier alpha value is -1.81. The van der Waals surface area contributed by atoms with Crippen LogP contribution >= 0.6 is 0 Å². The van der Waals surface area contributed by atoms with Gasteiger partial charge in [-0.05, 0) is 51.1 Å². The number of nitrogen functional groups attached to an aromatic ring is 1. The summed E-state index contributed by atoms with van der Waals surface area (Å²) in [7, 11) is 2.19. The third kappa shape index (κ3) is 2.81. The Kier molecular flexibility index (Phi) is 3.72. The van der Waals surface area contributed by atoms with E-state index in [-0.39, 0.29) is 0 Å². The zero-order valence-electron chi connectivity index (χ0n) is 13.1. The van der Waals surface area contributed by atoms with Gasteiger partial charge in [-0.3, -0.25) is 4.98 Å². The Morgan fingerprint density at radius 2 is 2.14 bits per heavy atom. The lowest BCUT2D eigenvalue weighted by Crippen LogP contribution is -2.43. The van der Waals surface area contributed by atoms with E-state index in [0.29, 0.717) is 12.0 Å². The van der Waals surface area contributed by atoms with E-state index in [1.54, 1.807) is 0 Å². The predicted octanol–water partition coefficient (Wildman–Crippen LogP) is 2.88. The van der Waals surface area contributed by atoms with Crippen molar-refractivity contribution in [1.29, 1.82) is 0 Å². The van der Waals surface area contributed by atoms with E-state index in [9.17, 15) is 0 Å². The second-order valence-electron chi connectivity index (χ2n) is 6.35. The molecule has 2 aromatic rings. The van der Waals surface area contributed by atoms with E-state index in [1.807, 2.05) is 19.2 Å². The molecule has 1 aromatic heterocycles. The van der Waals surface area contributed by atoms with Crippen LogP contribution in [0.2, 0.25) is 0 Å². The average Bonchev–Trinajstić information content (AvgIpc) is 2.44. The quantitative estimate of drug-likeness (QED) is 0.833. The molecule has 0 aliphatic carbocycles. The van der Waals surface area contributed by atoms with Crippen LogP contribution in [0.1, 0.15) is 19.0 Å². The van der Waals surface area contributed by atoms with Crippen molar-refractivity contribution in [3.63, 3.8) is 0 Å². The van der Waals surface area contributed by atoms with Crippen LogP contribution in [0.25, 0.3) is 10.8 Å². The maximum absolute atomic E-state index is 6.08. The zero-order chi connectivity index (χ0) is 15.0. The summed E-state index contributed by atoms with van der Waals surface area (Å²) in [6, 6.07) is 6.71. The molecule has 0 spiro atoms. The van der Waals surface area contributed by atoms with Crippen molar-refractivity contribution in [2.75, 3.05) is 31.2 Å². The summed E-state index contributed by atoms with van der Waals surface area (Å²) in [6.45, 7) is 6.63. The van der Waals surface area contributed by atoms with Crippen LogP contribution in [-0.4, -0.2) is 36.1 Å². The number of likely N-dealkylation sites (tertiary alicyclic amines) is 1. The third-order valence-corrected chi connectivity index (χ3v) is 4.52. The van der Waals surface area contributed by atoms with Gasteiger partial charge in [-0.1, -0.05) is 6.92 Å². The summed E-state index contributed by atoms with van der Waals surface area (Å²) in [5, 5.41) is 5.95. The Labute approximate surface area is 126 Å². The van der Waals surface area contributed by atoms with Crippen LogP contribution in [0.15, 0.2) is 24.4 Å². The largest absolute Gasteiger partial charge is 0.398 e. The lowest BCUT2D eigenvalue weighted by molar-refractivity contribution is 0.206. The Balaban J connectivity index is 1.94. The molecule has 112 valence electrons. The molecular formula is C17H24N4. The van der Waals surface area contributed by atoms with Gasteiger partial charge < -0.3 is 16.0 Å². The molecule has 4 heteroatoms. The molecule has 4 nitrogen and oxygen atoms in total. The van der Waals surface area contributed by atoms with Crippen molar-refractivity contribution in [2.45, 2.75) is 26.3 Å². The minimum absolute atomic E-state index is 0.515. The minimum atomic E-state index is 0.515. The number of fused-ring (bicyclic) bond motifs is 1. The van der Waals surface area contributed by atoms with Crippen molar-refractivity contribution in [3.8, 4) is 0 Å². The van der Waals surface area contributed by atoms with E-state index in [0.717, 1.165) is 29.9 Å². The molecule has 0 saturated carbocycles. The first-order valence-corrected chi connectivity index (χ1v) is 7.64. The number of aryl methyl sites for hydroxylation is 1. The number of nitrogens with one attached hydrogen (secondary N) is 1. The first-order valence-electron chi connectivity index (χ1n) is 7.64. The molecule has 2 heterocycles. The molecule has 2 unspecified atom stereocenters. The molecular weight excluding hydrogens is 260 g/mol. The molecule has 0 bridgehead atoms. The van der Waals surface area contributed by atoms with Gasteiger partial charge in [0.25, 0.3) is 0 Å². The maximum Gasteiger partial charge on any atom is 0.0424 e. The minimum Gasteiger partial charge on any atom is -0.398 e. The smallest absolute Gasteiger partial charge is 0.0424 e. The van der Waals surface area contributed by atoms with Crippen LogP contribution in [0, 0.1) is 12.8 Å². The number of piperidine rings is 1. The predicted molar refractivity (Wildman–Crippen MR) is 89.6 cm³/mol. The number of nitrogens with zero attached hydrogens (tertiary/aromatic N) is 2. The zero-order valence-corrected chi connectivity index (χ0v) is 13.1. The van der Waals surface area contributed by atoms with Crippen molar-refractivity contribution in [3.05, 3.63) is 30.1 Å². The number of rotatable bonds is 2. The molecule has 3 rings (SSSR count). The first kappa shape index (κ1) is 14.1. The Morgan fingerprint density at radius 3 is 2.90 bits per heavy atom. The monoisotopic (exact) mass is 284 g/mol. The van der Waals surface area contributed by atoms with Crippen LogP contribution < -0.4 is 11.1 Å². The summed E-state index contributed by atoms with van der Waals surface area (Å²) in [6.07, 6.45) is 3.05. The molecule has 2 atom stereocenters. The van der Waals surface area contributed by atoms with Crippen molar-refractivity contribution in [1.82, 2.24) is 9.88 Å². The van der Waals surface area contributed by atoms with Gasteiger partial charge in [0.15, 0.2) is 0 Å². The molecule has 21 heavy (non-hydrogen) atoms. The fourth-order valence-corrected chi connectivity index (χ4v) is 3.26. The highest BCUT2D eigenvalue weighted by Crippen LogP contribution is 2.30. The molecule has 1 aliphatic rings. The van der Waals surface area contributed by atoms with E-state index >= 15 is 0 Å². The van der Waals surface area contributed by atoms with E-state index in [2.05, 4.69) is 41.3 Å². The fraction of sp³-hybridized carbons (Fsp3) is 0.471. The van der Waals surface area contributed by atoms with Crippen LogP contribution in [0.5, 0.6) is 0 Å². The van der Waals surface area contributed by atoms with Crippen molar-refractivity contribution in [2.24, 2.45) is 5.92 Å². The van der Waals surface area contributed by atoms with Crippen LogP contribution in [-0.2, 0) is 0 Å². The van der Waals surface area contributed by atoms with E-state index in [4.69, 9.17) is 5.73 Å². The first-order chi connectivity index (χ1) is 10.0. The standard InChI is InChI=1S/C17H24N4/c1-11-10-21(3)7-6-16(11)20-17-5-4-15(18)14-9-19-12(2)8-13(14)17/h4-5,8-9,11,16,20H,6-7,10,18H2,1-3H3. The number of anilines is 2. The number of aromatic nitrogens is 1. The lowest BCUT2D eigenvalue weighted by Gasteiger charge is -2.36. The Bertz CT molecular complexity index is 653. The van der Waals surface area contributed by atoms with Gasteiger partial charge in [-0.2, -0.15) is 0 Å². The van der Waals surface area contributed by atoms with Crippen molar-refractivity contribution < 1.29 is 0 Å². The van der Waals surface area contributed by atoms with Gasteiger partial charge in [0.1, 0.15) is 0 Å². The molecule has 0 radical (unpaired) electrons. The molecule has 1 aliphatic heterocycles. The number of pyridine rings is 1. The number of benzene rings is 1. The molecule has 1 fully saturated rings. The normalized spacial score (nSPS) is 23.4. The summed E-state index contributed by atoms with van der Waals surface area (Å²) in [5.41, 5.74) is 9.06. The second kappa shape index (κ2) is 5.53. The van der Waals surface area contributed by atoms with Crippen LogP contribution in [0.4, 0.5) is 11.4 Å². The molecule has 1 saturated heterocycles. The van der Waals surface area contributed by atoms with E-state index in [1.165, 1.54) is 17.5 Å². The highest BCUT2D eigenvalue weighted by Gasteiger charge is 2.24. The SMILES string of the molecule is Cc1cc2c(NC3CCN(C)CC3C)ccc(N)c2cn1.